The molecule has 2 rings (SSSR count). The predicted octanol–water partition coefficient (Wildman–Crippen LogP) is 0.317. The van der Waals surface area contributed by atoms with Crippen LogP contribution in [0.5, 0.6) is 0 Å². The summed E-state index contributed by atoms with van der Waals surface area (Å²) >= 11 is 0. The first-order valence-corrected chi connectivity index (χ1v) is 5.55. The smallest absolute Gasteiger partial charge is 0.358 e. The van der Waals surface area contributed by atoms with Crippen molar-refractivity contribution in [2.75, 3.05) is 18.6 Å². The van der Waals surface area contributed by atoms with Gasteiger partial charge in [-0.1, -0.05) is 0 Å². The highest BCUT2D eigenvalue weighted by atomic mass is 16.5. The Kier molecular flexibility index (Phi) is 3.40. The molecule has 1 N–H and O–H groups in total. The number of nitrogens with zero attached hydrogens (tertiary/aromatic N) is 3. The van der Waals surface area contributed by atoms with Crippen molar-refractivity contribution in [3.05, 3.63) is 17.8 Å². The fourth-order valence-electron chi connectivity index (χ4n) is 1.99. The van der Waals surface area contributed by atoms with Crippen LogP contribution in [0, 0.1) is 0 Å². The average Bonchev–Trinajstić information content (AvgIpc) is 2.87. The molecule has 0 spiro atoms. The molecule has 2 heterocycles. The van der Waals surface area contributed by atoms with Crippen LogP contribution in [0.3, 0.4) is 0 Å². The second kappa shape index (κ2) is 4.99. The quantitative estimate of drug-likeness (QED) is 0.773. The molecule has 7 heteroatoms. The van der Waals surface area contributed by atoms with E-state index in [9.17, 15) is 9.59 Å². The highest BCUT2D eigenvalue weighted by molar-refractivity contribution is 5.87. The largest absolute Gasteiger partial charge is 0.480 e. The second-order valence-electron chi connectivity index (χ2n) is 3.96. The molecule has 18 heavy (non-hydrogen) atoms. The molecule has 0 saturated carbocycles. The highest BCUT2D eigenvalue weighted by Gasteiger charge is 2.31. The Morgan fingerprint density at radius 2 is 2.22 bits per heavy atom. The number of carboxylic acid groups (broad SMARTS) is 1. The maximum Gasteiger partial charge on any atom is 0.358 e. The number of carbonyl (C=O) groups excluding carboxylic acids is 1. The van der Waals surface area contributed by atoms with Gasteiger partial charge in [0, 0.05) is 6.54 Å². The standard InChI is InChI=1S/C11H13N3O4/c1-18-11(17)7-4-5-9(13-12-7)14-6-2-3-8(14)10(15)16/h4-5,8H,2-3,6H2,1H3,(H,15,16)/t8-/m1/s1. The molecule has 0 bridgehead atoms. The van der Waals surface area contributed by atoms with Crippen LogP contribution in [0.4, 0.5) is 5.82 Å². The number of carbonyl (C=O) groups is 2. The van der Waals surface area contributed by atoms with E-state index in [2.05, 4.69) is 14.9 Å². The van der Waals surface area contributed by atoms with Gasteiger partial charge in [-0.3, -0.25) is 0 Å². The first kappa shape index (κ1) is 12.3. The zero-order chi connectivity index (χ0) is 13.1. The normalized spacial score (nSPS) is 18.7. The minimum absolute atomic E-state index is 0.104. The number of hydrogen-bond acceptors (Lipinski definition) is 6. The zero-order valence-electron chi connectivity index (χ0n) is 9.87. The van der Waals surface area contributed by atoms with Crippen LogP contribution in [0.25, 0.3) is 0 Å². The highest BCUT2D eigenvalue weighted by Crippen LogP contribution is 2.23. The van der Waals surface area contributed by atoms with Crippen molar-refractivity contribution in [2.45, 2.75) is 18.9 Å². The summed E-state index contributed by atoms with van der Waals surface area (Å²) in [5, 5.41) is 16.7. The van der Waals surface area contributed by atoms with Gasteiger partial charge in [0.15, 0.2) is 11.5 Å². The van der Waals surface area contributed by atoms with E-state index in [1.54, 1.807) is 11.0 Å². The van der Waals surface area contributed by atoms with Gasteiger partial charge in [-0.05, 0) is 25.0 Å². The van der Waals surface area contributed by atoms with Crippen molar-refractivity contribution in [1.82, 2.24) is 10.2 Å². The van der Waals surface area contributed by atoms with Crippen molar-refractivity contribution in [3.8, 4) is 0 Å². The van der Waals surface area contributed by atoms with Gasteiger partial charge in [0.25, 0.3) is 0 Å². The van der Waals surface area contributed by atoms with Crippen LogP contribution < -0.4 is 4.90 Å². The Morgan fingerprint density at radius 1 is 1.44 bits per heavy atom. The van der Waals surface area contributed by atoms with Crippen molar-refractivity contribution in [1.29, 1.82) is 0 Å². The Hall–Kier alpha value is -2.18. The van der Waals surface area contributed by atoms with Gasteiger partial charge >= 0.3 is 11.9 Å². The summed E-state index contributed by atoms with van der Waals surface area (Å²) < 4.78 is 4.51. The van der Waals surface area contributed by atoms with E-state index in [4.69, 9.17) is 5.11 Å². The Labute approximate surface area is 103 Å². The summed E-state index contributed by atoms with van der Waals surface area (Å²) in [6, 6.07) is 2.50. The van der Waals surface area contributed by atoms with Crippen LogP contribution in [-0.2, 0) is 9.53 Å². The number of rotatable bonds is 3. The minimum Gasteiger partial charge on any atom is -0.480 e. The van der Waals surface area contributed by atoms with Crippen molar-refractivity contribution in [2.24, 2.45) is 0 Å². The van der Waals surface area contributed by atoms with E-state index in [-0.39, 0.29) is 5.69 Å². The molecule has 0 amide bonds. The van der Waals surface area contributed by atoms with Gasteiger partial charge in [-0.25, -0.2) is 9.59 Å². The SMILES string of the molecule is COC(=O)c1ccc(N2CCC[C@@H]2C(=O)O)nn1. The lowest BCUT2D eigenvalue weighted by Gasteiger charge is -2.21. The number of aromatic nitrogens is 2. The van der Waals surface area contributed by atoms with E-state index in [0.717, 1.165) is 6.42 Å². The second-order valence-corrected chi connectivity index (χ2v) is 3.96. The van der Waals surface area contributed by atoms with Gasteiger partial charge in [-0.15, -0.1) is 10.2 Å². The number of carboxylic acids is 1. The number of esters is 1. The number of ether oxygens (including phenoxy) is 1. The number of hydrogen-bond donors (Lipinski definition) is 1. The molecule has 1 fully saturated rings. The fraction of sp³-hybridized carbons (Fsp3) is 0.455. The Bertz CT molecular complexity index is 460. The van der Waals surface area contributed by atoms with E-state index in [1.807, 2.05) is 0 Å². The molecule has 1 saturated heterocycles. The monoisotopic (exact) mass is 251 g/mol. The first-order valence-electron chi connectivity index (χ1n) is 5.55. The van der Waals surface area contributed by atoms with E-state index in [1.165, 1.54) is 13.2 Å². The van der Waals surface area contributed by atoms with Gasteiger partial charge < -0.3 is 14.7 Å². The lowest BCUT2D eigenvalue weighted by molar-refractivity contribution is -0.138. The molecule has 1 aliphatic rings. The maximum atomic E-state index is 11.2. The van der Waals surface area contributed by atoms with Gasteiger partial charge in [0.1, 0.15) is 6.04 Å². The third-order valence-electron chi connectivity index (χ3n) is 2.88. The summed E-state index contributed by atoms with van der Waals surface area (Å²) in [6.07, 6.45) is 1.40. The molecule has 7 nitrogen and oxygen atoms in total. The Morgan fingerprint density at radius 3 is 2.78 bits per heavy atom. The lowest BCUT2D eigenvalue weighted by atomic mass is 10.2. The van der Waals surface area contributed by atoms with Crippen LogP contribution >= 0.6 is 0 Å². The summed E-state index contributed by atoms with van der Waals surface area (Å²) in [5.41, 5.74) is 0.104. The molecule has 1 atom stereocenters. The van der Waals surface area contributed by atoms with E-state index in [0.29, 0.717) is 18.8 Å². The fourth-order valence-corrected chi connectivity index (χ4v) is 1.99. The van der Waals surface area contributed by atoms with Crippen LogP contribution in [0.15, 0.2) is 12.1 Å². The molecule has 0 unspecified atom stereocenters. The predicted molar refractivity (Wildman–Crippen MR) is 61.4 cm³/mol. The first-order chi connectivity index (χ1) is 8.63. The zero-order valence-corrected chi connectivity index (χ0v) is 9.87. The average molecular weight is 251 g/mol. The molecule has 96 valence electrons. The molecule has 0 radical (unpaired) electrons. The van der Waals surface area contributed by atoms with Gasteiger partial charge in [-0.2, -0.15) is 0 Å². The number of aliphatic carboxylic acids is 1. The van der Waals surface area contributed by atoms with E-state index >= 15 is 0 Å². The van der Waals surface area contributed by atoms with Crippen molar-refractivity contribution < 1.29 is 19.4 Å². The third-order valence-corrected chi connectivity index (χ3v) is 2.88. The summed E-state index contributed by atoms with van der Waals surface area (Å²) in [7, 11) is 1.26. The van der Waals surface area contributed by atoms with Crippen LogP contribution in [0.2, 0.25) is 0 Å². The summed E-state index contributed by atoms with van der Waals surface area (Å²) in [5.74, 6) is -0.968. The Balaban J connectivity index is 2.19. The summed E-state index contributed by atoms with van der Waals surface area (Å²) in [6.45, 7) is 0.628. The van der Waals surface area contributed by atoms with Crippen LogP contribution in [-0.4, -0.2) is 46.9 Å². The molecular formula is C11H13N3O4. The lowest BCUT2D eigenvalue weighted by Crippen LogP contribution is -2.36. The molecule has 0 aliphatic carbocycles. The third kappa shape index (κ3) is 2.24. The van der Waals surface area contributed by atoms with E-state index < -0.39 is 18.0 Å². The maximum absolute atomic E-state index is 11.2. The topological polar surface area (TPSA) is 92.6 Å². The van der Waals surface area contributed by atoms with Gasteiger partial charge in [0.2, 0.25) is 0 Å². The number of anilines is 1. The molecule has 1 aromatic heterocycles. The van der Waals surface area contributed by atoms with Crippen LogP contribution in [0.1, 0.15) is 23.3 Å². The van der Waals surface area contributed by atoms with Crippen molar-refractivity contribution >= 4 is 17.8 Å². The molecule has 1 aromatic rings. The number of methoxy groups -OCH3 is 1. The van der Waals surface area contributed by atoms with Gasteiger partial charge in [0.05, 0.1) is 7.11 Å². The summed E-state index contributed by atoms with van der Waals surface area (Å²) in [4.78, 5) is 23.9. The molecule has 1 aliphatic heterocycles. The minimum atomic E-state index is -0.869. The van der Waals surface area contributed by atoms with Crippen molar-refractivity contribution in [3.63, 3.8) is 0 Å². The molecular weight excluding hydrogens is 238 g/mol. The molecule has 0 aromatic carbocycles.